The van der Waals surface area contributed by atoms with E-state index in [-0.39, 0.29) is 11.8 Å². The molecule has 2 aliphatic rings. The molecule has 2 fully saturated rings. The van der Waals surface area contributed by atoms with Gasteiger partial charge in [0.1, 0.15) is 0 Å². The van der Waals surface area contributed by atoms with Gasteiger partial charge in [-0.1, -0.05) is 18.2 Å². The highest BCUT2D eigenvalue weighted by atomic mass is 16.1. The van der Waals surface area contributed by atoms with E-state index in [1.54, 1.807) is 0 Å². The number of benzene rings is 1. The number of carbonyl (C=O) groups excluding carboxylic acids is 1. The molecule has 1 aromatic heterocycles. The SMILES string of the molecule is CN(CCCNC(=O)C1CCN(c2ccc(N3CCCCC3)nn2)CC1)c1ccccc1. The first-order valence-corrected chi connectivity index (χ1v) is 12.1. The van der Waals surface area contributed by atoms with Gasteiger partial charge in [0.2, 0.25) is 5.91 Å². The van der Waals surface area contributed by atoms with Crippen LogP contribution in [0, 0.1) is 5.92 Å². The molecule has 0 spiro atoms. The Labute approximate surface area is 191 Å². The van der Waals surface area contributed by atoms with Gasteiger partial charge in [-0.25, -0.2) is 0 Å². The molecule has 3 heterocycles. The van der Waals surface area contributed by atoms with Gasteiger partial charge in [0.25, 0.3) is 0 Å². The van der Waals surface area contributed by atoms with Crippen LogP contribution in [-0.2, 0) is 4.79 Å². The molecular formula is C25H36N6O. The third-order valence-corrected chi connectivity index (χ3v) is 6.67. The molecule has 0 atom stereocenters. The topological polar surface area (TPSA) is 64.6 Å². The molecule has 4 rings (SSSR count). The van der Waals surface area contributed by atoms with Crippen molar-refractivity contribution in [3.05, 3.63) is 42.5 Å². The number of nitrogens with one attached hydrogen (secondary N) is 1. The zero-order valence-electron chi connectivity index (χ0n) is 19.2. The summed E-state index contributed by atoms with van der Waals surface area (Å²) in [4.78, 5) is 19.4. The van der Waals surface area contributed by atoms with Gasteiger partial charge >= 0.3 is 0 Å². The van der Waals surface area contributed by atoms with Gasteiger partial charge in [-0.2, -0.15) is 0 Å². The first-order valence-electron chi connectivity index (χ1n) is 12.1. The molecule has 1 N–H and O–H groups in total. The fourth-order valence-electron chi connectivity index (χ4n) is 4.63. The Morgan fingerprint density at radius 1 is 0.938 bits per heavy atom. The van der Waals surface area contributed by atoms with Crippen LogP contribution in [0.25, 0.3) is 0 Å². The summed E-state index contributed by atoms with van der Waals surface area (Å²) in [7, 11) is 2.09. The molecule has 32 heavy (non-hydrogen) atoms. The number of aromatic nitrogens is 2. The summed E-state index contributed by atoms with van der Waals surface area (Å²) in [5.74, 6) is 2.20. The molecule has 0 radical (unpaired) electrons. The Bertz CT molecular complexity index is 829. The van der Waals surface area contributed by atoms with Crippen LogP contribution >= 0.6 is 0 Å². The van der Waals surface area contributed by atoms with Crippen LogP contribution in [0.3, 0.4) is 0 Å². The lowest BCUT2D eigenvalue weighted by molar-refractivity contribution is -0.125. The molecule has 1 aromatic carbocycles. The second-order valence-electron chi connectivity index (χ2n) is 8.96. The minimum Gasteiger partial charge on any atom is -0.375 e. The molecule has 7 nitrogen and oxygen atoms in total. The summed E-state index contributed by atoms with van der Waals surface area (Å²) in [5, 5.41) is 12.1. The van der Waals surface area contributed by atoms with Crippen molar-refractivity contribution in [2.24, 2.45) is 5.92 Å². The highest BCUT2D eigenvalue weighted by Gasteiger charge is 2.25. The van der Waals surface area contributed by atoms with E-state index >= 15 is 0 Å². The maximum atomic E-state index is 12.6. The minimum absolute atomic E-state index is 0.0960. The number of rotatable bonds is 8. The van der Waals surface area contributed by atoms with Crippen LogP contribution in [0.15, 0.2) is 42.5 Å². The van der Waals surface area contributed by atoms with Gasteiger partial charge in [0.05, 0.1) is 0 Å². The molecule has 172 valence electrons. The molecule has 1 amide bonds. The summed E-state index contributed by atoms with van der Waals surface area (Å²) >= 11 is 0. The van der Waals surface area contributed by atoms with E-state index in [4.69, 9.17) is 0 Å². The van der Waals surface area contributed by atoms with Crippen molar-refractivity contribution in [3.8, 4) is 0 Å². The van der Waals surface area contributed by atoms with E-state index in [1.807, 2.05) is 6.07 Å². The third-order valence-electron chi connectivity index (χ3n) is 6.67. The van der Waals surface area contributed by atoms with E-state index in [9.17, 15) is 4.79 Å². The normalized spacial score (nSPS) is 17.3. The Kier molecular flexibility index (Phi) is 7.80. The van der Waals surface area contributed by atoms with Crippen molar-refractivity contribution in [2.75, 3.05) is 61.0 Å². The Morgan fingerprint density at radius 3 is 2.19 bits per heavy atom. The lowest BCUT2D eigenvalue weighted by Gasteiger charge is -2.32. The van der Waals surface area contributed by atoms with Crippen LogP contribution in [0.2, 0.25) is 0 Å². The Morgan fingerprint density at radius 2 is 1.56 bits per heavy atom. The van der Waals surface area contributed by atoms with Crippen LogP contribution in [0.5, 0.6) is 0 Å². The number of hydrogen-bond acceptors (Lipinski definition) is 6. The highest BCUT2D eigenvalue weighted by molar-refractivity contribution is 5.78. The monoisotopic (exact) mass is 436 g/mol. The van der Waals surface area contributed by atoms with Gasteiger partial charge in [-0.3, -0.25) is 4.79 Å². The van der Waals surface area contributed by atoms with Crippen molar-refractivity contribution < 1.29 is 4.79 Å². The smallest absolute Gasteiger partial charge is 0.223 e. The van der Waals surface area contributed by atoms with Gasteiger partial charge in [0, 0.05) is 57.9 Å². The third kappa shape index (κ3) is 5.90. The van der Waals surface area contributed by atoms with Gasteiger partial charge in [-0.05, 0) is 62.8 Å². The summed E-state index contributed by atoms with van der Waals surface area (Å²) in [5.41, 5.74) is 1.21. The van der Waals surface area contributed by atoms with Crippen molar-refractivity contribution in [2.45, 2.75) is 38.5 Å². The minimum atomic E-state index is 0.0960. The maximum Gasteiger partial charge on any atom is 0.223 e. The lowest BCUT2D eigenvalue weighted by Crippen LogP contribution is -2.41. The van der Waals surface area contributed by atoms with Crippen LogP contribution in [0.1, 0.15) is 38.5 Å². The van der Waals surface area contributed by atoms with Crippen LogP contribution < -0.4 is 20.0 Å². The number of carbonyl (C=O) groups is 1. The van der Waals surface area contributed by atoms with Crippen molar-refractivity contribution in [3.63, 3.8) is 0 Å². The summed E-state index contributed by atoms with van der Waals surface area (Å²) in [6.45, 7) is 5.52. The quantitative estimate of drug-likeness (QED) is 0.641. The molecule has 2 saturated heterocycles. The molecule has 2 aliphatic heterocycles. The largest absolute Gasteiger partial charge is 0.375 e. The zero-order valence-corrected chi connectivity index (χ0v) is 19.2. The molecule has 2 aromatic rings. The number of nitrogens with zero attached hydrogens (tertiary/aromatic N) is 5. The number of amides is 1. The average molecular weight is 437 g/mol. The number of piperidine rings is 2. The molecular weight excluding hydrogens is 400 g/mol. The molecule has 7 heteroatoms. The van der Waals surface area contributed by atoms with Crippen molar-refractivity contribution in [1.29, 1.82) is 0 Å². The first kappa shape index (κ1) is 22.4. The standard InChI is InChI=1S/C25H36N6O/c1-29(22-9-4-2-5-10-22)16-8-15-26-25(32)21-13-19-31(20-14-21)24-12-11-23(27-28-24)30-17-6-3-7-18-30/h2,4-5,9-12,21H,3,6-8,13-20H2,1H3,(H,26,32). The van der Waals surface area contributed by atoms with Crippen LogP contribution in [-0.4, -0.2) is 62.4 Å². The van der Waals surface area contributed by atoms with E-state index in [2.05, 4.69) is 73.7 Å². The molecule has 0 unspecified atom stereocenters. The second kappa shape index (κ2) is 11.2. The van der Waals surface area contributed by atoms with Gasteiger partial charge in [-0.15, -0.1) is 10.2 Å². The molecule has 0 bridgehead atoms. The fraction of sp³-hybridized carbons (Fsp3) is 0.560. The maximum absolute atomic E-state index is 12.6. The Balaban J connectivity index is 1.16. The number of para-hydroxylation sites is 1. The molecule has 0 saturated carbocycles. The average Bonchev–Trinajstić information content (AvgIpc) is 2.87. The van der Waals surface area contributed by atoms with E-state index < -0.39 is 0 Å². The first-order chi connectivity index (χ1) is 15.7. The van der Waals surface area contributed by atoms with Gasteiger partial charge < -0.3 is 20.0 Å². The van der Waals surface area contributed by atoms with E-state index in [1.165, 1.54) is 24.9 Å². The highest BCUT2D eigenvalue weighted by Crippen LogP contribution is 2.23. The Hall–Kier alpha value is -2.83. The van der Waals surface area contributed by atoms with Crippen molar-refractivity contribution >= 4 is 23.2 Å². The second-order valence-corrected chi connectivity index (χ2v) is 8.96. The number of anilines is 3. The van der Waals surface area contributed by atoms with E-state index in [0.29, 0.717) is 0 Å². The number of hydrogen-bond donors (Lipinski definition) is 1. The summed E-state index contributed by atoms with van der Waals surface area (Å²) in [6.07, 6.45) is 6.46. The summed E-state index contributed by atoms with van der Waals surface area (Å²) in [6, 6.07) is 14.5. The fourth-order valence-corrected chi connectivity index (χ4v) is 4.63. The predicted molar refractivity (Wildman–Crippen MR) is 130 cm³/mol. The predicted octanol–water partition coefficient (Wildman–Crippen LogP) is 3.33. The molecule has 0 aliphatic carbocycles. The van der Waals surface area contributed by atoms with Gasteiger partial charge in [0.15, 0.2) is 11.6 Å². The lowest BCUT2D eigenvalue weighted by atomic mass is 9.96. The van der Waals surface area contributed by atoms with Crippen molar-refractivity contribution in [1.82, 2.24) is 15.5 Å². The summed E-state index contributed by atoms with van der Waals surface area (Å²) < 4.78 is 0. The van der Waals surface area contributed by atoms with E-state index in [0.717, 1.165) is 70.2 Å². The zero-order chi connectivity index (χ0) is 22.2. The van der Waals surface area contributed by atoms with Crippen LogP contribution in [0.4, 0.5) is 17.3 Å².